The highest BCUT2D eigenvalue weighted by Gasteiger charge is 2.25. The molecule has 5 aromatic rings. The summed E-state index contributed by atoms with van der Waals surface area (Å²) in [5, 5.41) is 8.37. The minimum Gasteiger partial charge on any atom is -0.497 e. The monoisotopic (exact) mass is 516 g/mol. The number of ether oxygens (including phenoxy) is 2. The summed E-state index contributed by atoms with van der Waals surface area (Å²) >= 11 is 1.43. The number of hydrogen-bond donors (Lipinski definition) is 1. The van der Waals surface area contributed by atoms with Crippen molar-refractivity contribution in [3.8, 4) is 17.2 Å². The summed E-state index contributed by atoms with van der Waals surface area (Å²) in [6.07, 6.45) is 1.23. The van der Waals surface area contributed by atoms with Crippen LogP contribution in [0.25, 0.3) is 16.6 Å². The molecule has 0 aliphatic carbocycles. The Morgan fingerprint density at radius 2 is 1.89 bits per heavy atom. The first-order valence-electron chi connectivity index (χ1n) is 11.7. The molecule has 188 valence electrons. The largest absolute Gasteiger partial charge is 0.497 e. The van der Waals surface area contributed by atoms with E-state index in [2.05, 4.69) is 15.4 Å². The van der Waals surface area contributed by atoms with Crippen molar-refractivity contribution in [2.75, 3.05) is 7.11 Å². The molecule has 0 bridgehead atoms. The van der Waals surface area contributed by atoms with Gasteiger partial charge in [-0.1, -0.05) is 12.1 Å². The molecule has 0 saturated carbocycles. The Bertz CT molecular complexity index is 1550. The fraction of sp³-hybridized carbons (Fsp3) is 0.179. The van der Waals surface area contributed by atoms with Gasteiger partial charge in [-0.3, -0.25) is 4.79 Å². The van der Waals surface area contributed by atoms with Crippen molar-refractivity contribution in [3.63, 3.8) is 0 Å². The van der Waals surface area contributed by atoms with E-state index >= 15 is 0 Å². The zero-order valence-electron chi connectivity index (χ0n) is 20.5. The predicted octanol–water partition coefficient (Wildman–Crippen LogP) is 5.88. The van der Waals surface area contributed by atoms with E-state index in [0.717, 1.165) is 27.0 Å². The van der Waals surface area contributed by atoms with E-state index in [1.807, 2.05) is 56.3 Å². The highest BCUT2D eigenvalue weighted by molar-refractivity contribution is 7.09. The van der Waals surface area contributed by atoms with Gasteiger partial charge in [-0.15, -0.1) is 11.3 Å². The van der Waals surface area contributed by atoms with Crippen molar-refractivity contribution in [2.24, 2.45) is 0 Å². The normalized spacial score (nSPS) is 12.8. The molecule has 0 fully saturated rings. The average Bonchev–Trinajstić information content (AvgIpc) is 3.53. The Labute approximate surface area is 217 Å². The molecule has 0 unspecified atom stereocenters. The first kappa shape index (κ1) is 24.5. The number of nitrogens with one attached hydrogen (secondary N) is 1. The summed E-state index contributed by atoms with van der Waals surface area (Å²) < 4.78 is 27.0. The topological polar surface area (TPSA) is 78.3 Å². The zero-order chi connectivity index (χ0) is 25.9. The van der Waals surface area contributed by atoms with E-state index in [0.29, 0.717) is 17.2 Å². The minimum atomic E-state index is -0.511. The molecular weight excluding hydrogens is 491 g/mol. The molecule has 0 saturated heterocycles. The number of halogens is 1. The molecular formula is C28H25FN4O3S. The van der Waals surface area contributed by atoms with Gasteiger partial charge in [0.1, 0.15) is 29.1 Å². The number of nitrogens with zero attached hydrogens (tertiary/aromatic N) is 3. The Kier molecular flexibility index (Phi) is 6.87. The molecule has 2 heterocycles. The number of benzene rings is 3. The van der Waals surface area contributed by atoms with Crippen molar-refractivity contribution in [2.45, 2.75) is 26.0 Å². The van der Waals surface area contributed by atoms with Crippen LogP contribution in [0.4, 0.5) is 4.39 Å². The molecule has 1 amide bonds. The number of amides is 1. The Morgan fingerprint density at radius 3 is 2.62 bits per heavy atom. The number of rotatable bonds is 8. The number of hydrogen-bond acceptors (Lipinski definition) is 6. The number of fused-ring (bicyclic) bond motifs is 1. The van der Waals surface area contributed by atoms with Gasteiger partial charge in [0.15, 0.2) is 0 Å². The molecule has 9 heteroatoms. The molecule has 37 heavy (non-hydrogen) atoms. The first-order chi connectivity index (χ1) is 17.9. The van der Waals surface area contributed by atoms with Gasteiger partial charge in [0.05, 0.1) is 36.1 Å². The molecule has 0 spiro atoms. The maximum Gasteiger partial charge on any atom is 0.271 e. The third-order valence-corrected chi connectivity index (χ3v) is 6.83. The third kappa shape index (κ3) is 5.17. The van der Waals surface area contributed by atoms with Crippen LogP contribution in [-0.2, 0) is 0 Å². The lowest BCUT2D eigenvalue weighted by Crippen LogP contribution is -2.39. The molecule has 2 atom stereocenters. The van der Waals surface area contributed by atoms with Gasteiger partial charge in [-0.25, -0.2) is 14.1 Å². The lowest BCUT2D eigenvalue weighted by atomic mass is 10.0. The fourth-order valence-electron chi connectivity index (χ4n) is 4.17. The van der Waals surface area contributed by atoms with E-state index in [1.165, 1.54) is 23.5 Å². The summed E-state index contributed by atoms with van der Waals surface area (Å²) in [6.45, 7) is 3.77. The Balaban J connectivity index is 1.45. The summed E-state index contributed by atoms with van der Waals surface area (Å²) in [6, 6.07) is 19.0. The minimum absolute atomic E-state index is 0.251. The second-order valence-electron chi connectivity index (χ2n) is 8.59. The summed E-state index contributed by atoms with van der Waals surface area (Å²) in [4.78, 5) is 17.9. The van der Waals surface area contributed by atoms with Crippen LogP contribution in [0.15, 0.2) is 78.4 Å². The molecule has 0 aliphatic heterocycles. The number of aromatic nitrogens is 3. The van der Waals surface area contributed by atoms with Crippen LogP contribution in [0.1, 0.15) is 34.0 Å². The van der Waals surface area contributed by atoms with Gasteiger partial charge in [0.25, 0.3) is 5.91 Å². The predicted molar refractivity (Wildman–Crippen MR) is 141 cm³/mol. The first-order valence-corrected chi connectivity index (χ1v) is 12.6. The van der Waals surface area contributed by atoms with E-state index < -0.39 is 12.1 Å². The van der Waals surface area contributed by atoms with E-state index in [9.17, 15) is 9.18 Å². The van der Waals surface area contributed by atoms with Crippen LogP contribution in [0.5, 0.6) is 11.5 Å². The zero-order valence-corrected chi connectivity index (χ0v) is 21.3. The van der Waals surface area contributed by atoms with E-state index in [1.54, 1.807) is 35.6 Å². The maximum absolute atomic E-state index is 13.4. The van der Waals surface area contributed by atoms with E-state index in [4.69, 9.17) is 9.47 Å². The van der Waals surface area contributed by atoms with Gasteiger partial charge >= 0.3 is 0 Å². The molecule has 2 aromatic heterocycles. The lowest BCUT2D eigenvalue weighted by molar-refractivity contribution is 0.0877. The standard InChI is InChI=1S/C28H25FN4O3S/c1-17(32-28(34)26-18(2)37-16-30-26)27(19-5-4-6-23(13-19)35-3)36-24-11-12-25-20(14-24)15-31-33(25)22-9-7-21(29)8-10-22/h4-17,27H,1-3H3,(H,32,34)/t17-,27-/m0/s1. The van der Waals surface area contributed by atoms with Crippen LogP contribution in [-0.4, -0.2) is 33.8 Å². The van der Waals surface area contributed by atoms with Crippen molar-refractivity contribution >= 4 is 28.1 Å². The summed E-state index contributed by atoms with van der Waals surface area (Å²) in [7, 11) is 1.61. The summed E-state index contributed by atoms with van der Waals surface area (Å²) in [5.74, 6) is 0.755. The van der Waals surface area contributed by atoms with Crippen molar-refractivity contribution in [3.05, 3.63) is 100 Å². The maximum atomic E-state index is 13.4. The molecule has 5 rings (SSSR count). The summed E-state index contributed by atoms with van der Waals surface area (Å²) in [5.41, 5.74) is 4.54. The smallest absolute Gasteiger partial charge is 0.271 e. The van der Waals surface area contributed by atoms with Crippen LogP contribution in [0, 0.1) is 12.7 Å². The third-order valence-electron chi connectivity index (χ3n) is 6.07. The molecule has 0 radical (unpaired) electrons. The van der Waals surface area contributed by atoms with Gasteiger partial charge in [-0.2, -0.15) is 5.10 Å². The number of aryl methyl sites for hydroxylation is 1. The highest BCUT2D eigenvalue weighted by atomic mass is 32.1. The van der Waals surface area contributed by atoms with Gasteiger partial charge in [0, 0.05) is 10.3 Å². The van der Waals surface area contributed by atoms with Crippen LogP contribution in [0.3, 0.4) is 0 Å². The number of carbonyl (C=O) groups excluding carboxylic acids is 1. The molecule has 0 aliphatic rings. The van der Waals surface area contributed by atoms with Crippen molar-refractivity contribution in [1.82, 2.24) is 20.1 Å². The molecule has 3 aromatic carbocycles. The van der Waals surface area contributed by atoms with Crippen LogP contribution < -0.4 is 14.8 Å². The fourth-order valence-corrected chi connectivity index (χ4v) is 4.74. The SMILES string of the molecule is COc1cccc([C@@H](Oc2ccc3c(cnn3-c3ccc(F)cc3)c2)[C@H](C)NC(=O)c2ncsc2C)c1. The quantitative estimate of drug-likeness (QED) is 0.279. The Hall–Kier alpha value is -4.24. The second-order valence-corrected chi connectivity index (χ2v) is 9.65. The average molecular weight is 517 g/mol. The van der Waals surface area contributed by atoms with Crippen molar-refractivity contribution in [1.29, 1.82) is 0 Å². The lowest BCUT2D eigenvalue weighted by Gasteiger charge is -2.27. The van der Waals surface area contributed by atoms with Gasteiger partial charge in [-0.05, 0) is 74.0 Å². The molecule has 1 N–H and O–H groups in total. The van der Waals surface area contributed by atoms with Crippen LogP contribution in [0.2, 0.25) is 0 Å². The van der Waals surface area contributed by atoms with Gasteiger partial charge in [0.2, 0.25) is 0 Å². The number of thiazole rings is 1. The van der Waals surface area contributed by atoms with Crippen molar-refractivity contribution < 1.29 is 18.7 Å². The second kappa shape index (κ2) is 10.4. The highest BCUT2D eigenvalue weighted by Crippen LogP contribution is 2.30. The number of carbonyl (C=O) groups is 1. The van der Waals surface area contributed by atoms with Crippen LogP contribution >= 0.6 is 11.3 Å². The van der Waals surface area contributed by atoms with E-state index in [-0.39, 0.29) is 11.7 Å². The Morgan fingerprint density at radius 1 is 1.08 bits per heavy atom. The van der Waals surface area contributed by atoms with Gasteiger partial charge < -0.3 is 14.8 Å². The molecule has 7 nitrogen and oxygen atoms in total. The number of methoxy groups -OCH3 is 1.